The van der Waals surface area contributed by atoms with Gasteiger partial charge in [0, 0.05) is 7.05 Å². The Hall–Kier alpha value is -2.37. The number of nitrogens with zero attached hydrogens (tertiary/aromatic N) is 3. The van der Waals surface area contributed by atoms with E-state index >= 15 is 0 Å². The maximum absolute atomic E-state index is 12.1. The third-order valence-corrected chi connectivity index (χ3v) is 3.63. The molecule has 6 nitrogen and oxygen atoms in total. The van der Waals surface area contributed by atoms with Crippen LogP contribution in [0.2, 0.25) is 0 Å². The van der Waals surface area contributed by atoms with Crippen molar-refractivity contribution in [2.75, 3.05) is 0 Å². The second-order valence-corrected chi connectivity index (χ2v) is 6.61. The van der Waals surface area contributed by atoms with Crippen LogP contribution in [0.25, 0.3) is 0 Å². The van der Waals surface area contributed by atoms with Gasteiger partial charge in [-0.2, -0.15) is 0 Å². The minimum Gasteiger partial charge on any atom is -0.481 e. The molecule has 0 saturated carbocycles. The Balaban J connectivity index is 1.89. The van der Waals surface area contributed by atoms with E-state index in [0.717, 1.165) is 0 Å². The van der Waals surface area contributed by atoms with Gasteiger partial charge in [-0.3, -0.25) is 4.79 Å². The number of aryl methyl sites for hydroxylation is 1. The fourth-order valence-electron chi connectivity index (χ4n) is 2.07. The number of amides is 1. The third-order valence-electron chi connectivity index (χ3n) is 3.63. The number of hydrogen-bond acceptors (Lipinski definition) is 4. The lowest BCUT2D eigenvalue weighted by Crippen LogP contribution is -2.36. The Morgan fingerprint density at radius 3 is 2.48 bits per heavy atom. The number of benzene rings is 1. The van der Waals surface area contributed by atoms with Gasteiger partial charge in [-0.05, 0) is 30.0 Å². The molecule has 0 unspecified atom stereocenters. The van der Waals surface area contributed by atoms with Crippen molar-refractivity contribution in [3.8, 4) is 5.75 Å². The van der Waals surface area contributed by atoms with Crippen LogP contribution in [0.4, 0.5) is 0 Å². The maximum atomic E-state index is 12.1. The standard InChI is InChI=1S/C17H24N4O2/c1-12(16(22)18-10-15-20-19-11-21(15)5)23-14-8-6-13(7-9-14)17(2,3)4/h6-9,11-12H,10H2,1-5H3,(H,18,22)/t12-/m1/s1. The van der Waals surface area contributed by atoms with Crippen LogP contribution in [0.5, 0.6) is 5.75 Å². The summed E-state index contributed by atoms with van der Waals surface area (Å²) in [5, 5.41) is 10.5. The van der Waals surface area contributed by atoms with Crippen molar-refractivity contribution in [3.05, 3.63) is 42.0 Å². The van der Waals surface area contributed by atoms with Crippen LogP contribution < -0.4 is 10.1 Å². The highest BCUT2D eigenvalue weighted by Gasteiger charge is 2.17. The van der Waals surface area contributed by atoms with Crippen molar-refractivity contribution in [3.63, 3.8) is 0 Å². The first kappa shape index (κ1) is 17.0. The van der Waals surface area contributed by atoms with Crippen molar-refractivity contribution in [2.45, 2.75) is 45.8 Å². The van der Waals surface area contributed by atoms with Crippen molar-refractivity contribution in [1.82, 2.24) is 20.1 Å². The summed E-state index contributed by atoms with van der Waals surface area (Å²) >= 11 is 0. The lowest BCUT2D eigenvalue weighted by Gasteiger charge is -2.20. The van der Waals surface area contributed by atoms with E-state index in [0.29, 0.717) is 18.1 Å². The highest BCUT2D eigenvalue weighted by molar-refractivity contribution is 5.80. The zero-order valence-corrected chi connectivity index (χ0v) is 14.3. The molecular weight excluding hydrogens is 292 g/mol. The minimum atomic E-state index is -0.580. The molecule has 6 heteroatoms. The SMILES string of the molecule is C[C@@H](Oc1ccc(C(C)(C)C)cc1)C(=O)NCc1nncn1C. The number of carbonyl (C=O) groups is 1. The van der Waals surface area contributed by atoms with Gasteiger partial charge >= 0.3 is 0 Å². The van der Waals surface area contributed by atoms with Crippen molar-refractivity contribution in [1.29, 1.82) is 0 Å². The summed E-state index contributed by atoms with van der Waals surface area (Å²) in [5.41, 5.74) is 1.32. The molecule has 2 rings (SSSR count). The fourth-order valence-corrected chi connectivity index (χ4v) is 2.07. The molecule has 0 fully saturated rings. The summed E-state index contributed by atoms with van der Waals surface area (Å²) in [7, 11) is 1.83. The van der Waals surface area contributed by atoms with Gasteiger partial charge in [-0.1, -0.05) is 32.9 Å². The smallest absolute Gasteiger partial charge is 0.261 e. The summed E-state index contributed by atoms with van der Waals surface area (Å²) < 4.78 is 7.45. The molecule has 124 valence electrons. The number of nitrogens with one attached hydrogen (secondary N) is 1. The third kappa shape index (κ3) is 4.55. The van der Waals surface area contributed by atoms with Crippen LogP contribution in [0.1, 0.15) is 39.1 Å². The molecule has 0 radical (unpaired) electrons. The molecule has 1 atom stereocenters. The van der Waals surface area contributed by atoms with Crippen LogP contribution in [-0.2, 0) is 23.8 Å². The van der Waals surface area contributed by atoms with Gasteiger partial charge in [-0.15, -0.1) is 10.2 Å². The highest BCUT2D eigenvalue weighted by Crippen LogP contribution is 2.24. The van der Waals surface area contributed by atoms with E-state index in [1.807, 2.05) is 31.3 Å². The summed E-state index contributed by atoms with van der Waals surface area (Å²) in [6, 6.07) is 7.85. The van der Waals surface area contributed by atoms with Crippen molar-refractivity contribution < 1.29 is 9.53 Å². The van der Waals surface area contributed by atoms with Crippen LogP contribution in [0.3, 0.4) is 0 Å². The summed E-state index contributed by atoms with van der Waals surface area (Å²) in [5.74, 6) is 1.19. The Morgan fingerprint density at radius 1 is 1.30 bits per heavy atom. The van der Waals surface area contributed by atoms with E-state index in [9.17, 15) is 4.79 Å². The molecule has 1 aromatic heterocycles. The number of carbonyl (C=O) groups excluding carboxylic acids is 1. The molecule has 1 amide bonds. The summed E-state index contributed by atoms with van der Waals surface area (Å²) in [6.45, 7) is 8.53. The molecule has 1 N–H and O–H groups in total. The number of rotatable bonds is 5. The second-order valence-electron chi connectivity index (χ2n) is 6.61. The van der Waals surface area contributed by atoms with Gasteiger partial charge in [0.2, 0.25) is 0 Å². The van der Waals surface area contributed by atoms with Crippen molar-refractivity contribution >= 4 is 5.91 Å². The van der Waals surface area contributed by atoms with Crippen LogP contribution in [0, 0.1) is 0 Å². The lowest BCUT2D eigenvalue weighted by atomic mass is 9.87. The van der Waals surface area contributed by atoms with Crippen LogP contribution in [-0.4, -0.2) is 26.8 Å². The van der Waals surface area contributed by atoms with Gasteiger partial charge in [-0.25, -0.2) is 0 Å². The summed E-state index contributed by atoms with van der Waals surface area (Å²) in [6.07, 6.45) is 1.02. The molecule has 0 aliphatic rings. The molecule has 0 saturated heterocycles. The van der Waals surface area contributed by atoms with E-state index in [2.05, 4.69) is 36.3 Å². The average Bonchev–Trinajstić information content (AvgIpc) is 2.89. The molecule has 0 aliphatic carbocycles. The molecule has 0 spiro atoms. The average molecular weight is 316 g/mol. The second kappa shape index (κ2) is 6.81. The zero-order chi connectivity index (χ0) is 17.0. The lowest BCUT2D eigenvalue weighted by molar-refractivity contribution is -0.127. The maximum Gasteiger partial charge on any atom is 0.261 e. The first-order valence-electron chi connectivity index (χ1n) is 7.65. The predicted octanol–water partition coefficient (Wildman–Crippen LogP) is 2.20. The number of ether oxygens (including phenoxy) is 1. The van der Waals surface area contributed by atoms with E-state index < -0.39 is 6.10 Å². The number of aromatic nitrogens is 3. The Kier molecular flexibility index (Phi) is 5.03. The Bertz CT molecular complexity index is 656. The van der Waals surface area contributed by atoms with E-state index in [1.54, 1.807) is 17.8 Å². The van der Waals surface area contributed by atoms with E-state index in [-0.39, 0.29) is 11.3 Å². The van der Waals surface area contributed by atoms with Gasteiger partial charge in [0.25, 0.3) is 5.91 Å². The molecule has 1 aromatic carbocycles. The molecule has 0 bridgehead atoms. The fraction of sp³-hybridized carbons (Fsp3) is 0.471. The highest BCUT2D eigenvalue weighted by atomic mass is 16.5. The largest absolute Gasteiger partial charge is 0.481 e. The van der Waals surface area contributed by atoms with Gasteiger partial charge in [0.1, 0.15) is 12.1 Å². The molecule has 2 aromatic rings. The van der Waals surface area contributed by atoms with Crippen LogP contribution >= 0.6 is 0 Å². The first-order valence-corrected chi connectivity index (χ1v) is 7.65. The van der Waals surface area contributed by atoms with Gasteiger partial charge in [0.05, 0.1) is 6.54 Å². The van der Waals surface area contributed by atoms with Gasteiger partial charge in [0.15, 0.2) is 11.9 Å². The van der Waals surface area contributed by atoms with E-state index in [4.69, 9.17) is 4.74 Å². The quantitative estimate of drug-likeness (QED) is 0.918. The first-order chi connectivity index (χ1) is 10.8. The molecule has 0 aliphatic heterocycles. The normalized spacial score (nSPS) is 12.7. The summed E-state index contributed by atoms with van der Waals surface area (Å²) in [4.78, 5) is 12.1. The monoisotopic (exact) mass is 316 g/mol. The van der Waals surface area contributed by atoms with Gasteiger partial charge < -0.3 is 14.6 Å². The topological polar surface area (TPSA) is 69.0 Å². The Morgan fingerprint density at radius 2 is 1.96 bits per heavy atom. The Labute approximate surface area is 136 Å². The van der Waals surface area contributed by atoms with Crippen LogP contribution in [0.15, 0.2) is 30.6 Å². The van der Waals surface area contributed by atoms with Crippen molar-refractivity contribution in [2.24, 2.45) is 7.05 Å². The zero-order valence-electron chi connectivity index (χ0n) is 14.3. The molecule has 23 heavy (non-hydrogen) atoms. The number of hydrogen-bond donors (Lipinski definition) is 1. The predicted molar refractivity (Wildman–Crippen MR) is 88.1 cm³/mol. The molecular formula is C17H24N4O2. The molecule has 1 heterocycles. The minimum absolute atomic E-state index is 0.0949. The van der Waals surface area contributed by atoms with E-state index in [1.165, 1.54) is 5.56 Å².